The molecular formula is C14H22N2O3S. The Labute approximate surface area is 120 Å². The van der Waals surface area contributed by atoms with Gasteiger partial charge in [0, 0.05) is 12.6 Å². The monoisotopic (exact) mass is 298 g/mol. The van der Waals surface area contributed by atoms with E-state index in [4.69, 9.17) is 9.88 Å². The van der Waals surface area contributed by atoms with Gasteiger partial charge in [0.1, 0.15) is 0 Å². The maximum atomic E-state index is 11.2. The number of benzene rings is 1. The lowest BCUT2D eigenvalue weighted by Gasteiger charge is -2.32. The van der Waals surface area contributed by atoms with Crippen molar-refractivity contribution in [1.82, 2.24) is 5.32 Å². The predicted octanol–water partition coefficient (Wildman–Crippen LogP) is 1.38. The molecule has 2 unspecified atom stereocenters. The average Bonchev–Trinajstić information content (AvgIpc) is 2.35. The molecule has 0 radical (unpaired) electrons. The molecule has 1 heterocycles. The maximum Gasteiger partial charge on any atom is 0.238 e. The van der Waals surface area contributed by atoms with Crippen LogP contribution in [0.4, 0.5) is 0 Å². The fourth-order valence-electron chi connectivity index (χ4n) is 2.63. The van der Waals surface area contributed by atoms with Crippen LogP contribution in [0.1, 0.15) is 32.3 Å². The molecule has 2 rings (SSSR count). The van der Waals surface area contributed by atoms with Crippen LogP contribution in [0.3, 0.4) is 0 Å². The molecule has 0 aromatic heterocycles. The van der Waals surface area contributed by atoms with Gasteiger partial charge < -0.3 is 10.1 Å². The summed E-state index contributed by atoms with van der Waals surface area (Å²) in [4.78, 5) is 0.148. The van der Waals surface area contributed by atoms with Crippen molar-refractivity contribution in [2.45, 2.75) is 56.4 Å². The highest BCUT2D eigenvalue weighted by molar-refractivity contribution is 7.89. The van der Waals surface area contributed by atoms with Crippen molar-refractivity contribution >= 4 is 10.0 Å². The number of nitrogens with two attached hydrogens (primary N) is 1. The number of rotatable bonds is 4. The predicted molar refractivity (Wildman–Crippen MR) is 77.7 cm³/mol. The first kappa shape index (κ1) is 15.4. The van der Waals surface area contributed by atoms with E-state index < -0.39 is 10.0 Å². The third-order valence-electron chi connectivity index (χ3n) is 3.54. The standard InChI is InChI=1S/C14H22N2O3S/c1-10-7-13(8-11(2)19-10)16-9-12-3-5-14(6-4-12)20(15,17)18/h3-6,10-11,13,16H,7-9H2,1-2H3,(H2,15,17,18). The summed E-state index contributed by atoms with van der Waals surface area (Å²) in [7, 11) is -3.61. The Balaban J connectivity index is 1.91. The molecule has 1 saturated heterocycles. The Kier molecular flexibility index (Phi) is 4.80. The molecule has 3 N–H and O–H groups in total. The van der Waals surface area contributed by atoms with Gasteiger partial charge in [-0.2, -0.15) is 0 Å². The topological polar surface area (TPSA) is 81.4 Å². The molecule has 1 aromatic carbocycles. The molecule has 112 valence electrons. The molecule has 6 heteroatoms. The van der Waals surface area contributed by atoms with Gasteiger partial charge in [0.05, 0.1) is 17.1 Å². The summed E-state index contributed by atoms with van der Waals surface area (Å²) in [6, 6.07) is 7.10. The van der Waals surface area contributed by atoms with Crippen molar-refractivity contribution < 1.29 is 13.2 Å². The summed E-state index contributed by atoms with van der Waals surface area (Å²) in [5.74, 6) is 0. The minimum Gasteiger partial charge on any atom is -0.375 e. The minimum atomic E-state index is -3.61. The zero-order chi connectivity index (χ0) is 14.8. The minimum absolute atomic E-state index is 0.148. The van der Waals surface area contributed by atoms with Gasteiger partial charge in [-0.05, 0) is 44.4 Å². The molecular weight excluding hydrogens is 276 g/mol. The zero-order valence-corrected chi connectivity index (χ0v) is 12.7. The zero-order valence-electron chi connectivity index (χ0n) is 11.9. The molecule has 20 heavy (non-hydrogen) atoms. The molecule has 1 aromatic rings. The number of hydrogen-bond donors (Lipinski definition) is 2. The van der Waals surface area contributed by atoms with Crippen LogP contribution in [0.15, 0.2) is 29.2 Å². The Morgan fingerprint density at radius 3 is 2.25 bits per heavy atom. The Morgan fingerprint density at radius 1 is 1.20 bits per heavy atom. The van der Waals surface area contributed by atoms with Crippen LogP contribution in [0.25, 0.3) is 0 Å². The summed E-state index contributed by atoms with van der Waals surface area (Å²) in [5.41, 5.74) is 1.05. The van der Waals surface area contributed by atoms with Gasteiger partial charge in [-0.3, -0.25) is 0 Å². The molecule has 0 bridgehead atoms. The molecule has 1 fully saturated rings. The van der Waals surface area contributed by atoms with Gasteiger partial charge >= 0.3 is 0 Å². The van der Waals surface area contributed by atoms with Crippen LogP contribution in [-0.4, -0.2) is 26.7 Å². The smallest absolute Gasteiger partial charge is 0.238 e. The lowest BCUT2D eigenvalue weighted by atomic mass is 9.99. The third kappa shape index (κ3) is 4.28. The number of nitrogens with one attached hydrogen (secondary N) is 1. The van der Waals surface area contributed by atoms with Crippen molar-refractivity contribution in [3.63, 3.8) is 0 Å². The fraction of sp³-hybridized carbons (Fsp3) is 0.571. The maximum absolute atomic E-state index is 11.2. The first-order chi connectivity index (χ1) is 9.34. The van der Waals surface area contributed by atoms with Crippen molar-refractivity contribution in [3.05, 3.63) is 29.8 Å². The number of ether oxygens (including phenoxy) is 1. The second kappa shape index (κ2) is 6.22. The van der Waals surface area contributed by atoms with E-state index in [1.165, 1.54) is 0 Å². The van der Waals surface area contributed by atoms with Gasteiger partial charge in [-0.15, -0.1) is 0 Å². The highest BCUT2D eigenvalue weighted by atomic mass is 32.2. The van der Waals surface area contributed by atoms with Gasteiger partial charge in [-0.1, -0.05) is 12.1 Å². The van der Waals surface area contributed by atoms with Gasteiger partial charge in [0.25, 0.3) is 0 Å². The lowest BCUT2D eigenvalue weighted by Crippen LogP contribution is -2.40. The van der Waals surface area contributed by atoms with Crippen molar-refractivity contribution in [1.29, 1.82) is 0 Å². The highest BCUT2D eigenvalue weighted by Crippen LogP contribution is 2.19. The van der Waals surface area contributed by atoms with E-state index in [-0.39, 0.29) is 17.1 Å². The molecule has 1 aliphatic heterocycles. The quantitative estimate of drug-likeness (QED) is 0.880. The van der Waals surface area contributed by atoms with Crippen molar-refractivity contribution in [2.75, 3.05) is 0 Å². The lowest BCUT2D eigenvalue weighted by molar-refractivity contribution is -0.0422. The summed E-state index contributed by atoms with van der Waals surface area (Å²) in [6.45, 7) is 4.89. The first-order valence-electron chi connectivity index (χ1n) is 6.85. The van der Waals surface area contributed by atoms with E-state index in [9.17, 15) is 8.42 Å². The number of primary sulfonamides is 1. The normalized spacial score (nSPS) is 27.4. The van der Waals surface area contributed by atoms with Crippen LogP contribution in [-0.2, 0) is 21.3 Å². The van der Waals surface area contributed by atoms with E-state index in [0.29, 0.717) is 6.04 Å². The molecule has 0 aliphatic carbocycles. The van der Waals surface area contributed by atoms with Crippen LogP contribution >= 0.6 is 0 Å². The average molecular weight is 298 g/mol. The molecule has 1 aliphatic rings. The second-order valence-corrected chi connectivity index (χ2v) is 7.06. The SMILES string of the molecule is CC1CC(NCc2ccc(S(N)(=O)=O)cc2)CC(C)O1. The molecule has 0 amide bonds. The van der Waals surface area contributed by atoms with Crippen molar-refractivity contribution in [2.24, 2.45) is 5.14 Å². The van der Waals surface area contributed by atoms with Crippen LogP contribution < -0.4 is 10.5 Å². The van der Waals surface area contributed by atoms with Gasteiger partial charge in [0.15, 0.2) is 0 Å². The summed E-state index contributed by atoms with van der Waals surface area (Å²) >= 11 is 0. The van der Waals surface area contributed by atoms with E-state index >= 15 is 0 Å². The molecule has 0 spiro atoms. The molecule has 5 nitrogen and oxygen atoms in total. The summed E-state index contributed by atoms with van der Waals surface area (Å²) in [6.07, 6.45) is 2.56. The molecule has 0 saturated carbocycles. The summed E-state index contributed by atoms with van der Waals surface area (Å²) in [5, 5.41) is 8.57. The highest BCUT2D eigenvalue weighted by Gasteiger charge is 2.23. The van der Waals surface area contributed by atoms with Crippen LogP contribution in [0.5, 0.6) is 0 Å². The van der Waals surface area contributed by atoms with E-state index in [1.54, 1.807) is 24.3 Å². The van der Waals surface area contributed by atoms with Gasteiger partial charge in [-0.25, -0.2) is 13.6 Å². The first-order valence-corrected chi connectivity index (χ1v) is 8.40. The van der Waals surface area contributed by atoms with Crippen molar-refractivity contribution in [3.8, 4) is 0 Å². The largest absolute Gasteiger partial charge is 0.375 e. The summed E-state index contributed by atoms with van der Waals surface area (Å²) < 4.78 is 28.0. The third-order valence-corrected chi connectivity index (χ3v) is 4.47. The Morgan fingerprint density at radius 2 is 1.75 bits per heavy atom. The number of hydrogen-bond acceptors (Lipinski definition) is 4. The van der Waals surface area contributed by atoms with Crippen LogP contribution in [0, 0.1) is 0 Å². The number of sulfonamides is 1. The van der Waals surface area contributed by atoms with E-state index in [1.807, 2.05) is 0 Å². The fourth-order valence-corrected chi connectivity index (χ4v) is 3.15. The molecule has 2 atom stereocenters. The van der Waals surface area contributed by atoms with Crippen LogP contribution in [0.2, 0.25) is 0 Å². The van der Waals surface area contributed by atoms with Gasteiger partial charge in [0.2, 0.25) is 10.0 Å². The van der Waals surface area contributed by atoms with E-state index in [2.05, 4.69) is 19.2 Å². The second-order valence-electron chi connectivity index (χ2n) is 5.50. The Bertz CT molecular complexity index is 532. The Hall–Kier alpha value is -0.950. The van der Waals surface area contributed by atoms with E-state index in [0.717, 1.165) is 24.9 Å².